The molecular formula is C13H19NO2S. The van der Waals surface area contributed by atoms with Crippen molar-refractivity contribution >= 4 is 17.3 Å². The van der Waals surface area contributed by atoms with Crippen molar-refractivity contribution in [2.45, 2.75) is 38.6 Å². The molecule has 17 heavy (non-hydrogen) atoms. The molecule has 1 aromatic heterocycles. The minimum absolute atomic E-state index is 0.146. The summed E-state index contributed by atoms with van der Waals surface area (Å²) in [6, 6.07) is 3.95. The van der Waals surface area contributed by atoms with Gasteiger partial charge in [-0.15, -0.1) is 11.3 Å². The zero-order valence-electron chi connectivity index (χ0n) is 9.95. The fourth-order valence-corrected chi connectivity index (χ4v) is 3.35. The summed E-state index contributed by atoms with van der Waals surface area (Å²) in [4.78, 5) is 12.7. The van der Waals surface area contributed by atoms with Crippen LogP contribution >= 0.6 is 11.3 Å². The van der Waals surface area contributed by atoms with Crippen LogP contribution in [0.4, 0.5) is 0 Å². The lowest BCUT2D eigenvalue weighted by Gasteiger charge is -2.09. The van der Waals surface area contributed by atoms with Crippen LogP contribution in [0.2, 0.25) is 0 Å². The third-order valence-electron chi connectivity index (χ3n) is 3.25. The van der Waals surface area contributed by atoms with Gasteiger partial charge in [-0.2, -0.15) is 0 Å². The van der Waals surface area contributed by atoms with Gasteiger partial charge in [0.1, 0.15) is 0 Å². The van der Waals surface area contributed by atoms with Gasteiger partial charge in [0.2, 0.25) is 0 Å². The van der Waals surface area contributed by atoms with Crippen molar-refractivity contribution in [3.05, 3.63) is 21.9 Å². The molecule has 0 spiro atoms. The van der Waals surface area contributed by atoms with Crippen LogP contribution in [0.3, 0.4) is 0 Å². The van der Waals surface area contributed by atoms with E-state index in [2.05, 4.69) is 5.32 Å². The largest absolute Gasteiger partial charge is 0.481 e. The normalized spacial score (nSPS) is 16.5. The van der Waals surface area contributed by atoms with Crippen molar-refractivity contribution in [1.82, 2.24) is 5.32 Å². The van der Waals surface area contributed by atoms with Gasteiger partial charge in [-0.25, -0.2) is 0 Å². The number of hydrogen-bond acceptors (Lipinski definition) is 3. The van der Waals surface area contributed by atoms with E-state index in [1.165, 1.54) is 30.6 Å². The van der Waals surface area contributed by atoms with Crippen molar-refractivity contribution in [3.63, 3.8) is 0 Å². The minimum Gasteiger partial charge on any atom is -0.481 e. The molecule has 1 fully saturated rings. The highest BCUT2D eigenvalue weighted by molar-refractivity contribution is 7.12. The summed E-state index contributed by atoms with van der Waals surface area (Å²) in [5.41, 5.74) is 0. The molecule has 1 aromatic rings. The molecule has 0 bridgehead atoms. The first-order chi connectivity index (χ1) is 8.24. The summed E-state index contributed by atoms with van der Waals surface area (Å²) in [6.45, 7) is 1.98. The molecule has 1 heterocycles. The molecule has 1 aliphatic carbocycles. The zero-order chi connectivity index (χ0) is 12.1. The molecule has 94 valence electrons. The standard InChI is InChI=1S/C13H19NO2S/c15-13(16)7-11-5-6-12(17-11)9-14-8-10-3-1-2-4-10/h5-6,10,14H,1-4,7-9H2,(H,15,16). The molecule has 2 rings (SSSR count). The third kappa shape index (κ3) is 4.13. The monoisotopic (exact) mass is 253 g/mol. The molecule has 0 unspecified atom stereocenters. The Morgan fingerprint density at radius 3 is 2.76 bits per heavy atom. The number of hydrogen-bond donors (Lipinski definition) is 2. The lowest BCUT2D eigenvalue weighted by Crippen LogP contribution is -2.20. The van der Waals surface area contributed by atoms with Crippen molar-refractivity contribution in [1.29, 1.82) is 0 Å². The van der Waals surface area contributed by atoms with Gasteiger partial charge in [0.25, 0.3) is 0 Å². The zero-order valence-corrected chi connectivity index (χ0v) is 10.8. The Morgan fingerprint density at radius 2 is 2.06 bits per heavy atom. The Kier molecular flexibility index (Phi) is 4.57. The highest BCUT2D eigenvalue weighted by Crippen LogP contribution is 2.24. The molecule has 2 N–H and O–H groups in total. The number of carbonyl (C=O) groups is 1. The van der Waals surface area contributed by atoms with Crippen LogP contribution in [0, 0.1) is 5.92 Å². The molecule has 0 saturated heterocycles. The van der Waals surface area contributed by atoms with Crippen LogP contribution in [0.15, 0.2) is 12.1 Å². The predicted octanol–water partition coefficient (Wildman–Crippen LogP) is 2.66. The summed E-state index contributed by atoms with van der Waals surface area (Å²) < 4.78 is 0. The van der Waals surface area contributed by atoms with Crippen LogP contribution in [0.25, 0.3) is 0 Å². The average molecular weight is 253 g/mol. The molecule has 1 saturated carbocycles. The van der Waals surface area contributed by atoms with Crippen LogP contribution in [0.1, 0.15) is 35.4 Å². The van der Waals surface area contributed by atoms with E-state index in [-0.39, 0.29) is 6.42 Å². The van der Waals surface area contributed by atoms with E-state index in [1.54, 1.807) is 11.3 Å². The molecule has 0 amide bonds. The molecule has 3 nitrogen and oxygen atoms in total. The van der Waals surface area contributed by atoms with E-state index in [1.807, 2.05) is 12.1 Å². The second-order valence-corrected chi connectivity index (χ2v) is 5.97. The first kappa shape index (κ1) is 12.6. The van der Waals surface area contributed by atoms with Gasteiger partial charge in [-0.3, -0.25) is 4.79 Å². The maximum Gasteiger partial charge on any atom is 0.308 e. The van der Waals surface area contributed by atoms with E-state index < -0.39 is 5.97 Å². The number of thiophene rings is 1. The second-order valence-electron chi connectivity index (χ2n) is 4.72. The number of carboxylic acids is 1. The first-order valence-corrected chi connectivity index (χ1v) is 7.06. The van der Waals surface area contributed by atoms with E-state index in [9.17, 15) is 4.79 Å². The maximum absolute atomic E-state index is 10.6. The quantitative estimate of drug-likeness (QED) is 0.819. The second kappa shape index (κ2) is 6.17. The molecular weight excluding hydrogens is 234 g/mol. The first-order valence-electron chi connectivity index (χ1n) is 6.24. The van der Waals surface area contributed by atoms with Gasteiger partial charge in [0.05, 0.1) is 6.42 Å². The maximum atomic E-state index is 10.6. The molecule has 4 heteroatoms. The van der Waals surface area contributed by atoms with Crippen LogP contribution in [-0.4, -0.2) is 17.6 Å². The molecule has 1 aliphatic rings. The van der Waals surface area contributed by atoms with Crippen LogP contribution in [0.5, 0.6) is 0 Å². The Morgan fingerprint density at radius 1 is 1.35 bits per heavy atom. The van der Waals surface area contributed by atoms with Gasteiger partial charge < -0.3 is 10.4 Å². The predicted molar refractivity (Wildman–Crippen MR) is 69.3 cm³/mol. The number of aliphatic carboxylic acids is 1. The third-order valence-corrected chi connectivity index (χ3v) is 4.33. The topological polar surface area (TPSA) is 49.3 Å². The highest BCUT2D eigenvalue weighted by Gasteiger charge is 2.14. The van der Waals surface area contributed by atoms with E-state index >= 15 is 0 Å². The summed E-state index contributed by atoms with van der Waals surface area (Å²) in [6.07, 6.45) is 5.64. The Hall–Kier alpha value is -0.870. The molecule has 0 aromatic carbocycles. The van der Waals surface area contributed by atoms with Crippen LogP contribution < -0.4 is 5.32 Å². The fraction of sp³-hybridized carbons (Fsp3) is 0.615. The average Bonchev–Trinajstić information content (AvgIpc) is 2.89. The Bertz CT molecular complexity index is 369. The minimum atomic E-state index is -0.752. The summed E-state index contributed by atoms with van der Waals surface area (Å²) in [5, 5.41) is 12.2. The van der Waals surface area contributed by atoms with Crippen molar-refractivity contribution in [3.8, 4) is 0 Å². The molecule has 0 aliphatic heterocycles. The highest BCUT2D eigenvalue weighted by atomic mass is 32.1. The summed E-state index contributed by atoms with van der Waals surface area (Å²) in [5.74, 6) is 0.103. The van der Waals surface area contributed by atoms with Gasteiger partial charge in [0, 0.05) is 16.3 Å². The van der Waals surface area contributed by atoms with Crippen molar-refractivity contribution in [2.75, 3.05) is 6.54 Å². The molecule has 0 atom stereocenters. The van der Waals surface area contributed by atoms with Gasteiger partial charge >= 0.3 is 5.97 Å². The number of rotatable bonds is 6. The fourth-order valence-electron chi connectivity index (χ4n) is 2.38. The van der Waals surface area contributed by atoms with E-state index in [0.717, 1.165) is 23.9 Å². The van der Waals surface area contributed by atoms with Gasteiger partial charge in [-0.05, 0) is 37.4 Å². The van der Waals surface area contributed by atoms with E-state index in [4.69, 9.17) is 5.11 Å². The van der Waals surface area contributed by atoms with Gasteiger partial charge in [-0.1, -0.05) is 12.8 Å². The number of carboxylic acid groups (broad SMARTS) is 1. The lowest BCUT2D eigenvalue weighted by atomic mass is 10.1. The van der Waals surface area contributed by atoms with E-state index in [0.29, 0.717) is 0 Å². The summed E-state index contributed by atoms with van der Waals surface area (Å²) >= 11 is 1.60. The van der Waals surface area contributed by atoms with Crippen LogP contribution in [-0.2, 0) is 17.8 Å². The SMILES string of the molecule is O=C(O)Cc1ccc(CNCC2CCCC2)s1. The number of nitrogens with one attached hydrogen (secondary N) is 1. The molecule has 0 radical (unpaired) electrons. The summed E-state index contributed by atoms with van der Waals surface area (Å²) in [7, 11) is 0. The Balaban J connectivity index is 1.71. The van der Waals surface area contributed by atoms with Crippen molar-refractivity contribution < 1.29 is 9.90 Å². The van der Waals surface area contributed by atoms with Gasteiger partial charge in [0.15, 0.2) is 0 Å². The smallest absolute Gasteiger partial charge is 0.308 e. The lowest BCUT2D eigenvalue weighted by molar-refractivity contribution is -0.136. The Labute approximate surface area is 106 Å². The van der Waals surface area contributed by atoms with Crippen molar-refractivity contribution in [2.24, 2.45) is 5.92 Å².